The number of aliphatic hydroxyl groups is 1. The summed E-state index contributed by atoms with van der Waals surface area (Å²) < 4.78 is 12.7. The molecule has 4 heteroatoms. The van der Waals surface area contributed by atoms with Crippen molar-refractivity contribution in [3.05, 3.63) is 58.0 Å². The van der Waals surface area contributed by atoms with E-state index in [4.69, 9.17) is 0 Å². The van der Waals surface area contributed by atoms with Gasteiger partial charge in [0.05, 0.1) is 4.88 Å². The van der Waals surface area contributed by atoms with Crippen molar-refractivity contribution in [2.45, 2.75) is 6.10 Å². The molecular formula is C12H9FO2S. The third-order valence-corrected chi connectivity index (χ3v) is 3.08. The number of halogens is 1. The molecule has 0 amide bonds. The smallest absolute Gasteiger partial charge is 0.205 e. The predicted molar refractivity (Wildman–Crippen MR) is 60.0 cm³/mol. The highest BCUT2D eigenvalue weighted by molar-refractivity contribution is 7.12. The molecule has 0 aliphatic heterocycles. The van der Waals surface area contributed by atoms with Gasteiger partial charge in [0.1, 0.15) is 11.9 Å². The van der Waals surface area contributed by atoms with Gasteiger partial charge in [-0.05, 0) is 29.1 Å². The summed E-state index contributed by atoms with van der Waals surface area (Å²) in [6, 6.07) is 8.66. The third-order valence-electron chi connectivity index (χ3n) is 2.20. The van der Waals surface area contributed by atoms with Gasteiger partial charge >= 0.3 is 0 Å². The molecule has 1 aromatic carbocycles. The first-order valence-electron chi connectivity index (χ1n) is 4.70. The maximum atomic E-state index is 12.7. The van der Waals surface area contributed by atoms with Crippen molar-refractivity contribution in [1.82, 2.24) is 0 Å². The molecule has 0 bridgehead atoms. The number of ketones is 1. The first kappa shape index (κ1) is 11.0. The van der Waals surface area contributed by atoms with Crippen LogP contribution in [-0.4, -0.2) is 10.9 Å². The monoisotopic (exact) mass is 236 g/mol. The topological polar surface area (TPSA) is 37.3 Å². The van der Waals surface area contributed by atoms with Crippen LogP contribution in [-0.2, 0) is 0 Å². The zero-order valence-electron chi connectivity index (χ0n) is 8.26. The Kier molecular flexibility index (Phi) is 3.12. The van der Waals surface area contributed by atoms with E-state index in [1.165, 1.54) is 35.6 Å². The van der Waals surface area contributed by atoms with Crippen LogP contribution < -0.4 is 0 Å². The Morgan fingerprint density at radius 2 is 1.94 bits per heavy atom. The minimum atomic E-state index is -1.22. The van der Waals surface area contributed by atoms with E-state index in [0.717, 1.165) is 0 Å². The summed E-state index contributed by atoms with van der Waals surface area (Å²) in [6.07, 6.45) is -1.22. The fraction of sp³-hybridized carbons (Fsp3) is 0.0833. The van der Waals surface area contributed by atoms with Crippen molar-refractivity contribution >= 4 is 17.1 Å². The van der Waals surface area contributed by atoms with Crippen LogP contribution in [0, 0.1) is 5.82 Å². The molecule has 1 unspecified atom stereocenters. The normalized spacial score (nSPS) is 12.4. The minimum absolute atomic E-state index is 0.360. The highest BCUT2D eigenvalue weighted by Crippen LogP contribution is 2.21. The van der Waals surface area contributed by atoms with Gasteiger partial charge in [0.2, 0.25) is 5.78 Å². The van der Waals surface area contributed by atoms with Crippen molar-refractivity contribution in [2.75, 3.05) is 0 Å². The lowest BCUT2D eigenvalue weighted by Crippen LogP contribution is -2.10. The van der Waals surface area contributed by atoms with Gasteiger partial charge in [0.25, 0.3) is 0 Å². The molecule has 2 rings (SSSR count). The van der Waals surface area contributed by atoms with Gasteiger partial charge in [0, 0.05) is 0 Å². The van der Waals surface area contributed by atoms with Crippen LogP contribution in [0.5, 0.6) is 0 Å². The lowest BCUT2D eigenvalue weighted by atomic mass is 10.0. The zero-order chi connectivity index (χ0) is 11.5. The maximum Gasteiger partial charge on any atom is 0.205 e. The van der Waals surface area contributed by atoms with Crippen LogP contribution >= 0.6 is 11.3 Å². The molecule has 0 aliphatic rings. The van der Waals surface area contributed by atoms with E-state index in [1.807, 2.05) is 0 Å². The fourth-order valence-electron chi connectivity index (χ4n) is 1.35. The van der Waals surface area contributed by atoms with Gasteiger partial charge in [-0.1, -0.05) is 18.2 Å². The number of benzene rings is 1. The second-order valence-corrected chi connectivity index (χ2v) is 4.24. The number of carbonyl (C=O) groups is 1. The highest BCUT2D eigenvalue weighted by Gasteiger charge is 2.19. The van der Waals surface area contributed by atoms with E-state index in [9.17, 15) is 14.3 Å². The number of carbonyl (C=O) groups excluding carboxylic acids is 1. The van der Waals surface area contributed by atoms with Crippen molar-refractivity contribution in [1.29, 1.82) is 0 Å². The molecule has 82 valence electrons. The zero-order valence-corrected chi connectivity index (χ0v) is 9.08. The molecule has 0 saturated heterocycles. The first-order chi connectivity index (χ1) is 7.68. The van der Waals surface area contributed by atoms with E-state index >= 15 is 0 Å². The quantitative estimate of drug-likeness (QED) is 0.832. The molecule has 1 N–H and O–H groups in total. The highest BCUT2D eigenvalue weighted by atomic mass is 32.1. The first-order valence-corrected chi connectivity index (χ1v) is 5.57. The van der Waals surface area contributed by atoms with Crippen molar-refractivity contribution in [2.24, 2.45) is 0 Å². The van der Waals surface area contributed by atoms with E-state index in [1.54, 1.807) is 17.5 Å². The second kappa shape index (κ2) is 4.55. The number of aliphatic hydroxyl groups excluding tert-OH is 1. The Labute approximate surface area is 96.0 Å². The van der Waals surface area contributed by atoms with Crippen molar-refractivity contribution in [3.8, 4) is 0 Å². The minimum Gasteiger partial charge on any atom is -0.380 e. The summed E-state index contributed by atoms with van der Waals surface area (Å²) in [4.78, 5) is 12.3. The van der Waals surface area contributed by atoms with Gasteiger partial charge in [-0.15, -0.1) is 11.3 Å². The van der Waals surface area contributed by atoms with E-state index in [0.29, 0.717) is 10.4 Å². The van der Waals surface area contributed by atoms with Crippen LogP contribution in [0.15, 0.2) is 41.8 Å². The summed E-state index contributed by atoms with van der Waals surface area (Å²) in [6.45, 7) is 0. The van der Waals surface area contributed by atoms with Crippen LogP contribution in [0.4, 0.5) is 4.39 Å². The molecular weight excluding hydrogens is 227 g/mol. The molecule has 1 heterocycles. The van der Waals surface area contributed by atoms with Crippen LogP contribution in [0.25, 0.3) is 0 Å². The number of rotatable bonds is 3. The number of Topliss-reactive ketones (excluding diaryl/α,β-unsaturated/α-hetero) is 1. The summed E-state index contributed by atoms with van der Waals surface area (Å²) in [5.74, 6) is -0.749. The fourth-order valence-corrected chi connectivity index (χ4v) is 2.04. The summed E-state index contributed by atoms with van der Waals surface area (Å²) >= 11 is 1.27. The SMILES string of the molecule is O=C(c1cccs1)C(O)c1ccc(F)cc1. The molecule has 0 spiro atoms. The standard InChI is InChI=1S/C12H9FO2S/c13-9-5-3-8(4-6-9)11(14)12(15)10-2-1-7-16-10/h1-7,11,14H. The summed E-state index contributed by atoms with van der Waals surface area (Å²) in [5.41, 5.74) is 0.403. The molecule has 0 fully saturated rings. The van der Waals surface area contributed by atoms with Crippen LogP contribution in [0.1, 0.15) is 21.3 Å². The van der Waals surface area contributed by atoms with E-state index in [2.05, 4.69) is 0 Å². The molecule has 1 aromatic heterocycles. The number of thiophene rings is 1. The number of hydrogen-bond donors (Lipinski definition) is 1. The van der Waals surface area contributed by atoms with Crippen molar-refractivity contribution < 1.29 is 14.3 Å². The van der Waals surface area contributed by atoms with Gasteiger partial charge in [-0.25, -0.2) is 4.39 Å². The average molecular weight is 236 g/mol. The van der Waals surface area contributed by atoms with E-state index < -0.39 is 6.10 Å². The van der Waals surface area contributed by atoms with Crippen molar-refractivity contribution in [3.63, 3.8) is 0 Å². The lowest BCUT2D eigenvalue weighted by molar-refractivity contribution is 0.0752. The largest absolute Gasteiger partial charge is 0.380 e. The molecule has 2 nitrogen and oxygen atoms in total. The molecule has 16 heavy (non-hydrogen) atoms. The number of hydrogen-bond acceptors (Lipinski definition) is 3. The summed E-state index contributed by atoms with van der Waals surface area (Å²) in [7, 11) is 0. The Balaban J connectivity index is 2.22. The van der Waals surface area contributed by atoms with Gasteiger partial charge in [-0.3, -0.25) is 4.79 Å². The molecule has 1 atom stereocenters. The molecule has 0 aliphatic carbocycles. The van der Waals surface area contributed by atoms with Crippen LogP contribution in [0.3, 0.4) is 0 Å². The van der Waals surface area contributed by atoms with Gasteiger partial charge in [-0.2, -0.15) is 0 Å². The molecule has 2 aromatic rings. The Morgan fingerprint density at radius 1 is 1.25 bits per heavy atom. The Bertz CT molecular complexity index is 476. The maximum absolute atomic E-state index is 12.7. The summed E-state index contributed by atoms with van der Waals surface area (Å²) in [5, 5.41) is 11.6. The Hall–Kier alpha value is -1.52. The lowest BCUT2D eigenvalue weighted by Gasteiger charge is -2.08. The van der Waals surface area contributed by atoms with Gasteiger partial charge < -0.3 is 5.11 Å². The molecule has 0 saturated carbocycles. The van der Waals surface area contributed by atoms with E-state index in [-0.39, 0.29) is 11.6 Å². The Morgan fingerprint density at radius 3 is 2.50 bits per heavy atom. The average Bonchev–Trinajstić information content (AvgIpc) is 2.81. The second-order valence-electron chi connectivity index (χ2n) is 3.30. The molecule has 0 radical (unpaired) electrons. The predicted octanol–water partition coefficient (Wildman–Crippen LogP) is 2.80. The van der Waals surface area contributed by atoms with Gasteiger partial charge in [0.15, 0.2) is 0 Å². The van der Waals surface area contributed by atoms with Crippen LogP contribution in [0.2, 0.25) is 0 Å². The third kappa shape index (κ3) is 2.18.